The molecule has 0 saturated heterocycles. The van der Waals surface area contributed by atoms with Crippen molar-refractivity contribution < 1.29 is 9.78 Å². The van der Waals surface area contributed by atoms with Crippen molar-refractivity contribution in [2.24, 2.45) is 5.16 Å². The maximum absolute atomic E-state index is 5.54. The summed E-state index contributed by atoms with van der Waals surface area (Å²) in [7, 11) is 0. The number of oxime groups is 1. The maximum Gasteiger partial charge on any atom is 0.109 e. The van der Waals surface area contributed by atoms with Crippen LogP contribution in [0.1, 0.15) is 23.6 Å². The molecule has 0 saturated carbocycles. The lowest BCUT2D eigenvalue weighted by molar-refractivity contribution is -0.0797. The Kier molecular flexibility index (Phi) is 5.94. The Hall–Kier alpha value is -2.59. The van der Waals surface area contributed by atoms with Crippen molar-refractivity contribution in [3.8, 4) is 0 Å². The van der Waals surface area contributed by atoms with Gasteiger partial charge in [0.2, 0.25) is 0 Å². The topological polar surface area (TPSA) is 34.1 Å². The first-order chi connectivity index (χ1) is 11.1. The predicted octanol–water partition coefficient (Wildman–Crippen LogP) is 4.58. The molecule has 0 unspecified atom stereocenters. The first-order valence-electron chi connectivity index (χ1n) is 7.50. The van der Waals surface area contributed by atoms with Crippen LogP contribution in [0.15, 0.2) is 66.3 Å². The summed E-state index contributed by atoms with van der Waals surface area (Å²) in [6.45, 7) is 9.98. The van der Waals surface area contributed by atoms with Crippen molar-refractivity contribution in [2.45, 2.75) is 20.8 Å². The van der Waals surface area contributed by atoms with Gasteiger partial charge >= 0.3 is 0 Å². The molecular weight excluding hydrogens is 288 g/mol. The molecule has 0 amide bonds. The van der Waals surface area contributed by atoms with Crippen molar-refractivity contribution >= 4 is 11.4 Å². The van der Waals surface area contributed by atoms with Crippen LogP contribution >= 0.6 is 0 Å². The zero-order chi connectivity index (χ0) is 16.7. The second kappa shape index (κ2) is 8.15. The van der Waals surface area contributed by atoms with Crippen LogP contribution in [0.4, 0.5) is 5.69 Å². The molecule has 0 heterocycles. The van der Waals surface area contributed by atoms with Crippen LogP contribution in [0.5, 0.6) is 0 Å². The molecule has 120 valence electrons. The molecule has 0 aliphatic carbocycles. The van der Waals surface area contributed by atoms with E-state index in [1.165, 1.54) is 10.8 Å². The average Bonchev–Trinajstić information content (AvgIpc) is 2.58. The molecule has 2 aromatic carbocycles. The standard InChI is InChI=1S/C19H22N2O2/c1-5-13-22-21(19-12-11-15(2)16(3)14-19)23-20-17(4)18-9-7-6-8-10-18/h5-12,14H,1,13H2,2-4H3/b20-17+. The molecule has 4 heteroatoms. The third-order valence-electron chi connectivity index (χ3n) is 3.45. The van der Waals surface area contributed by atoms with E-state index >= 15 is 0 Å². The Labute approximate surface area is 137 Å². The average molecular weight is 310 g/mol. The summed E-state index contributed by atoms with van der Waals surface area (Å²) in [4.78, 5) is 11.0. The van der Waals surface area contributed by atoms with E-state index in [0.717, 1.165) is 22.5 Å². The Balaban J connectivity index is 2.18. The van der Waals surface area contributed by atoms with Gasteiger partial charge in [0.05, 0.1) is 12.3 Å². The summed E-state index contributed by atoms with van der Waals surface area (Å²) in [5.41, 5.74) is 4.90. The Morgan fingerprint density at radius 1 is 1.13 bits per heavy atom. The first-order valence-corrected chi connectivity index (χ1v) is 7.50. The molecule has 0 spiro atoms. The number of rotatable bonds is 7. The molecule has 0 N–H and O–H groups in total. The van der Waals surface area contributed by atoms with E-state index in [9.17, 15) is 0 Å². The van der Waals surface area contributed by atoms with E-state index in [2.05, 4.69) is 18.7 Å². The van der Waals surface area contributed by atoms with Crippen LogP contribution in [-0.4, -0.2) is 12.3 Å². The zero-order valence-electron chi connectivity index (χ0n) is 13.8. The van der Waals surface area contributed by atoms with Gasteiger partial charge < -0.3 is 0 Å². The van der Waals surface area contributed by atoms with E-state index in [4.69, 9.17) is 9.78 Å². The lowest BCUT2D eigenvalue weighted by Crippen LogP contribution is -2.22. The molecular formula is C19H22N2O2. The Morgan fingerprint density at radius 2 is 1.87 bits per heavy atom. The third kappa shape index (κ3) is 4.69. The maximum atomic E-state index is 5.54. The van der Waals surface area contributed by atoms with Gasteiger partial charge in [-0.25, -0.2) is 9.78 Å². The number of hydrogen-bond acceptors (Lipinski definition) is 4. The quantitative estimate of drug-likeness (QED) is 0.426. The number of aryl methyl sites for hydroxylation is 2. The van der Waals surface area contributed by atoms with Crippen LogP contribution in [0.25, 0.3) is 0 Å². The lowest BCUT2D eigenvalue weighted by atomic mass is 10.1. The minimum atomic E-state index is 0.326. The van der Waals surface area contributed by atoms with Gasteiger partial charge in [0.1, 0.15) is 5.69 Å². The monoisotopic (exact) mass is 310 g/mol. The number of benzene rings is 2. The number of hydrogen-bond donors (Lipinski definition) is 0. The molecule has 2 rings (SSSR count). The highest BCUT2D eigenvalue weighted by Crippen LogP contribution is 2.20. The van der Waals surface area contributed by atoms with Gasteiger partial charge in [-0.2, -0.15) is 0 Å². The van der Waals surface area contributed by atoms with Crippen LogP contribution in [0.3, 0.4) is 0 Å². The molecule has 0 aromatic heterocycles. The summed E-state index contributed by atoms with van der Waals surface area (Å²) >= 11 is 0. The van der Waals surface area contributed by atoms with E-state index in [0.29, 0.717) is 6.61 Å². The molecule has 0 bridgehead atoms. The minimum absolute atomic E-state index is 0.326. The summed E-state index contributed by atoms with van der Waals surface area (Å²) in [5, 5.41) is 5.47. The number of anilines is 1. The fourth-order valence-electron chi connectivity index (χ4n) is 1.94. The summed E-state index contributed by atoms with van der Waals surface area (Å²) < 4.78 is 0. The van der Waals surface area contributed by atoms with Crippen LogP contribution < -0.4 is 5.23 Å². The normalized spacial score (nSPS) is 11.2. The van der Waals surface area contributed by atoms with E-state index < -0.39 is 0 Å². The predicted molar refractivity (Wildman–Crippen MR) is 94.3 cm³/mol. The van der Waals surface area contributed by atoms with E-state index in [-0.39, 0.29) is 0 Å². The van der Waals surface area contributed by atoms with Crippen molar-refractivity contribution in [1.82, 2.24) is 0 Å². The smallest absolute Gasteiger partial charge is 0.109 e. The summed E-state index contributed by atoms with van der Waals surface area (Å²) in [5.74, 6) is 0. The lowest BCUT2D eigenvalue weighted by Gasteiger charge is -2.19. The Bertz CT molecular complexity index is 681. The molecule has 0 fully saturated rings. The largest absolute Gasteiger partial charge is 0.241 e. The van der Waals surface area contributed by atoms with Crippen LogP contribution in [0, 0.1) is 13.8 Å². The van der Waals surface area contributed by atoms with Crippen molar-refractivity contribution in [2.75, 3.05) is 11.8 Å². The SMILES string of the molecule is C=CCON(O/N=C(\C)c1ccccc1)c1ccc(C)c(C)c1. The van der Waals surface area contributed by atoms with Gasteiger partial charge in [0.15, 0.2) is 0 Å². The Morgan fingerprint density at radius 3 is 2.52 bits per heavy atom. The van der Waals surface area contributed by atoms with Crippen molar-refractivity contribution in [3.05, 3.63) is 77.9 Å². The molecule has 2 aromatic rings. The molecule has 0 aliphatic rings. The second-order valence-electron chi connectivity index (χ2n) is 5.23. The third-order valence-corrected chi connectivity index (χ3v) is 3.45. The molecule has 0 aliphatic heterocycles. The molecule has 0 atom stereocenters. The highest BCUT2D eigenvalue weighted by molar-refractivity contribution is 5.98. The van der Waals surface area contributed by atoms with Crippen molar-refractivity contribution in [3.63, 3.8) is 0 Å². The van der Waals surface area contributed by atoms with Gasteiger partial charge in [-0.1, -0.05) is 52.9 Å². The molecule has 0 radical (unpaired) electrons. The molecule has 23 heavy (non-hydrogen) atoms. The first kappa shape index (κ1) is 16.8. The van der Waals surface area contributed by atoms with Crippen LogP contribution in [0.2, 0.25) is 0 Å². The fraction of sp³-hybridized carbons (Fsp3) is 0.211. The highest BCUT2D eigenvalue weighted by Gasteiger charge is 2.10. The minimum Gasteiger partial charge on any atom is -0.241 e. The van der Waals surface area contributed by atoms with Gasteiger partial charge in [-0.15, -0.1) is 6.58 Å². The number of nitrogens with zero attached hydrogens (tertiary/aromatic N) is 2. The molecule has 4 nitrogen and oxygen atoms in total. The van der Waals surface area contributed by atoms with Gasteiger partial charge in [-0.3, -0.25) is 0 Å². The van der Waals surface area contributed by atoms with E-state index in [1.807, 2.05) is 62.4 Å². The van der Waals surface area contributed by atoms with Crippen LogP contribution in [-0.2, 0) is 9.78 Å². The van der Waals surface area contributed by atoms with E-state index in [1.54, 1.807) is 6.08 Å². The second-order valence-corrected chi connectivity index (χ2v) is 5.23. The fourth-order valence-corrected chi connectivity index (χ4v) is 1.94. The zero-order valence-corrected chi connectivity index (χ0v) is 13.8. The van der Waals surface area contributed by atoms with Crippen molar-refractivity contribution in [1.29, 1.82) is 0 Å². The summed E-state index contributed by atoms with van der Waals surface area (Å²) in [6, 6.07) is 15.8. The summed E-state index contributed by atoms with van der Waals surface area (Å²) in [6.07, 6.45) is 1.66. The van der Waals surface area contributed by atoms with Gasteiger partial charge in [0.25, 0.3) is 0 Å². The highest BCUT2D eigenvalue weighted by atomic mass is 17.0. The van der Waals surface area contributed by atoms with Gasteiger partial charge in [-0.05, 0) is 49.6 Å². The van der Waals surface area contributed by atoms with Gasteiger partial charge in [0, 0.05) is 0 Å².